The van der Waals surface area contributed by atoms with Crippen molar-refractivity contribution < 1.29 is 4.79 Å². The predicted octanol–water partition coefficient (Wildman–Crippen LogP) is 2.96. The number of nitriles is 1. The smallest absolute Gasteiger partial charge is 0.223 e. The van der Waals surface area contributed by atoms with Crippen LogP contribution in [0, 0.1) is 18.3 Å². The molecule has 1 saturated heterocycles. The topological polar surface area (TPSA) is 121 Å². The zero-order chi connectivity index (χ0) is 23.9. The van der Waals surface area contributed by atoms with Crippen molar-refractivity contribution in [3.8, 4) is 17.3 Å². The maximum absolute atomic E-state index is 12.4. The highest BCUT2D eigenvalue weighted by atomic mass is 32.2. The van der Waals surface area contributed by atoms with Crippen molar-refractivity contribution in [3.05, 3.63) is 65.1 Å². The molecule has 174 valence electrons. The number of nitrogens with one attached hydrogen (secondary N) is 1. The summed E-state index contributed by atoms with van der Waals surface area (Å²) in [6.07, 6.45) is 1.08. The third-order valence-corrected chi connectivity index (χ3v) is 6.52. The van der Waals surface area contributed by atoms with Crippen LogP contribution in [-0.4, -0.2) is 51.9 Å². The fraction of sp³-hybridized carbons (Fsp3) is 0.320. The lowest BCUT2D eigenvalue weighted by Crippen LogP contribution is -2.46. The number of aryl methyl sites for hydroxylation is 2. The van der Waals surface area contributed by atoms with Crippen LogP contribution in [0.25, 0.3) is 11.3 Å². The molecule has 0 atom stereocenters. The summed E-state index contributed by atoms with van der Waals surface area (Å²) in [6, 6.07) is 15.4. The van der Waals surface area contributed by atoms with E-state index in [-0.39, 0.29) is 5.91 Å². The van der Waals surface area contributed by atoms with E-state index in [1.807, 2.05) is 42.2 Å². The van der Waals surface area contributed by atoms with Gasteiger partial charge < -0.3 is 16.0 Å². The van der Waals surface area contributed by atoms with E-state index in [1.54, 1.807) is 12.1 Å². The Hall–Kier alpha value is -3.48. The fourth-order valence-electron chi connectivity index (χ4n) is 3.79. The average molecular weight is 474 g/mol. The molecule has 1 fully saturated rings. The molecule has 0 radical (unpaired) electrons. The first kappa shape index (κ1) is 23.7. The van der Waals surface area contributed by atoms with Crippen molar-refractivity contribution in [2.24, 2.45) is 0 Å². The minimum atomic E-state index is 0.180. The Bertz CT molecular complexity index is 1200. The molecule has 1 aliphatic rings. The summed E-state index contributed by atoms with van der Waals surface area (Å²) in [6.45, 7) is 5.07. The number of thioether (sulfide) groups is 1. The first-order chi connectivity index (χ1) is 16.5. The van der Waals surface area contributed by atoms with Crippen LogP contribution < -0.4 is 11.1 Å². The van der Waals surface area contributed by atoms with Crippen LogP contribution in [0.5, 0.6) is 0 Å². The molecule has 8 nitrogen and oxygen atoms in total. The highest BCUT2D eigenvalue weighted by Gasteiger charge is 2.17. The van der Waals surface area contributed by atoms with Gasteiger partial charge in [-0.15, -0.1) is 0 Å². The molecule has 3 aromatic rings. The van der Waals surface area contributed by atoms with Gasteiger partial charge in [0.15, 0.2) is 5.16 Å². The van der Waals surface area contributed by atoms with E-state index < -0.39 is 0 Å². The Morgan fingerprint density at radius 3 is 2.59 bits per heavy atom. The van der Waals surface area contributed by atoms with Gasteiger partial charge in [-0.25, -0.2) is 9.97 Å². The fourth-order valence-corrected chi connectivity index (χ4v) is 4.59. The summed E-state index contributed by atoms with van der Waals surface area (Å²) in [5.74, 6) is 0.770. The van der Waals surface area contributed by atoms with Gasteiger partial charge in [-0.05, 0) is 37.6 Å². The quantitative estimate of drug-likeness (QED) is 0.305. The zero-order valence-corrected chi connectivity index (χ0v) is 19.9. The van der Waals surface area contributed by atoms with Gasteiger partial charge in [0.05, 0.1) is 22.6 Å². The summed E-state index contributed by atoms with van der Waals surface area (Å²) in [5, 5.41) is 13.5. The molecular weight excluding hydrogens is 446 g/mol. The molecule has 0 bridgehead atoms. The maximum atomic E-state index is 12.4. The van der Waals surface area contributed by atoms with Crippen molar-refractivity contribution in [2.45, 2.75) is 30.7 Å². The highest BCUT2D eigenvalue weighted by Crippen LogP contribution is 2.28. The highest BCUT2D eigenvalue weighted by molar-refractivity contribution is 7.98. The minimum absolute atomic E-state index is 0.180. The van der Waals surface area contributed by atoms with Crippen molar-refractivity contribution in [3.63, 3.8) is 0 Å². The molecule has 1 aromatic carbocycles. The predicted molar refractivity (Wildman–Crippen MR) is 133 cm³/mol. The maximum Gasteiger partial charge on any atom is 0.223 e. The van der Waals surface area contributed by atoms with Crippen LogP contribution in [0.15, 0.2) is 47.6 Å². The molecule has 4 rings (SSSR count). The molecule has 34 heavy (non-hydrogen) atoms. The summed E-state index contributed by atoms with van der Waals surface area (Å²) >= 11 is 1.47. The minimum Gasteiger partial charge on any atom is -0.399 e. The molecule has 0 saturated carbocycles. The van der Waals surface area contributed by atoms with E-state index in [1.165, 1.54) is 11.8 Å². The zero-order valence-electron chi connectivity index (χ0n) is 19.1. The van der Waals surface area contributed by atoms with Crippen molar-refractivity contribution >= 4 is 23.4 Å². The van der Waals surface area contributed by atoms with Gasteiger partial charge in [0.1, 0.15) is 6.07 Å². The summed E-state index contributed by atoms with van der Waals surface area (Å²) < 4.78 is 0. The Morgan fingerprint density at radius 1 is 1.12 bits per heavy atom. The second kappa shape index (κ2) is 11.1. The number of rotatable bonds is 7. The van der Waals surface area contributed by atoms with Crippen LogP contribution >= 0.6 is 11.8 Å². The number of anilines is 1. The number of pyridine rings is 1. The normalized spacial score (nSPS) is 13.5. The van der Waals surface area contributed by atoms with E-state index in [0.29, 0.717) is 46.4 Å². The molecule has 1 aliphatic heterocycles. The van der Waals surface area contributed by atoms with Gasteiger partial charge in [-0.2, -0.15) is 5.26 Å². The summed E-state index contributed by atoms with van der Waals surface area (Å²) in [4.78, 5) is 28.3. The molecule has 2 aromatic heterocycles. The second-order valence-electron chi connectivity index (χ2n) is 8.09. The summed E-state index contributed by atoms with van der Waals surface area (Å²) in [5.41, 5.74) is 10.8. The number of carbonyl (C=O) groups is 1. The lowest BCUT2D eigenvalue weighted by atomic mass is 10.1. The number of piperazine rings is 1. The van der Waals surface area contributed by atoms with Crippen LogP contribution in [0.1, 0.15) is 29.1 Å². The standard InChI is InChI=1S/C25H27N7OS/c1-17-22(15-26)24(18-5-7-19(27)8-6-18)31-25(29-17)34-16-21-4-2-3-20(30-21)9-10-23(33)32-13-11-28-12-14-32/h2-8,28H,9-14,16,27H2,1H3. The first-order valence-corrected chi connectivity index (χ1v) is 12.2. The Kier molecular flexibility index (Phi) is 7.72. The third kappa shape index (κ3) is 5.90. The van der Waals surface area contributed by atoms with Crippen molar-refractivity contribution in [1.82, 2.24) is 25.2 Å². The number of aromatic nitrogens is 3. The number of benzene rings is 1. The largest absolute Gasteiger partial charge is 0.399 e. The van der Waals surface area contributed by atoms with Gasteiger partial charge in [-0.1, -0.05) is 30.0 Å². The van der Waals surface area contributed by atoms with E-state index in [0.717, 1.165) is 43.1 Å². The SMILES string of the molecule is Cc1nc(SCc2cccc(CCC(=O)N3CCNCC3)n2)nc(-c2ccc(N)cc2)c1C#N. The number of carbonyl (C=O) groups excluding carboxylic acids is 1. The van der Waals surface area contributed by atoms with Gasteiger partial charge in [-0.3, -0.25) is 9.78 Å². The van der Waals surface area contributed by atoms with Gasteiger partial charge in [0.25, 0.3) is 0 Å². The number of nitrogens with two attached hydrogens (primary N) is 1. The Labute approximate surface area is 203 Å². The van der Waals surface area contributed by atoms with Crippen LogP contribution in [-0.2, 0) is 17.0 Å². The second-order valence-corrected chi connectivity index (χ2v) is 9.03. The monoisotopic (exact) mass is 473 g/mol. The molecule has 3 N–H and O–H groups in total. The number of amides is 1. The van der Waals surface area contributed by atoms with Crippen molar-refractivity contribution in [2.75, 3.05) is 31.9 Å². The lowest BCUT2D eigenvalue weighted by molar-refractivity contribution is -0.131. The number of nitrogen functional groups attached to an aromatic ring is 1. The van der Waals surface area contributed by atoms with Gasteiger partial charge in [0.2, 0.25) is 5.91 Å². The van der Waals surface area contributed by atoms with Crippen molar-refractivity contribution in [1.29, 1.82) is 5.26 Å². The Morgan fingerprint density at radius 2 is 1.85 bits per heavy atom. The number of hydrogen-bond acceptors (Lipinski definition) is 8. The summed E-state index contributed by atoms with van der Waals surface area (Å²) in [7, 11) is 0. The molecule has 1 amide bonds. The third-order valence-electron chi connectivity index (χ3n) is 5.64. The molecule has 0 spiro atoms. The molecule has 0 aliphatic carbocycles. The molecule has 3 heterocycles. The average Bonchev–Trinajstić information content (AvgIpc) is 2.87. The van der Waals surface area contributed by atoms with E-state index in [2.05, 4.69) is 21.4 Å². The number of nitrogens with zero attached hydrogens (tertiary/aromatic N) is 5. The van der Waals surface area contributed by atoms with Gasteiger partial charge in [0, 0.05) is 55.3 Å². The molecule has 0 unspecified atom stereocenters. The molecular formula is C25H27N7OS. The van der Waals surface area contributed by atoms with Crippen LogP contribution in [0.4, 0.5) is 5.69 Å². The Balaban J connectivity index is 1.43. The van der Waals surface area contributed by atoms with E-state index in [4.69, 9.17) is 10.7 Å². The van der Waals surface area contributed by atoms with Crippen LogP contribution in [0.2, 0.25) is 0 Å². The number of hydrogen-bond donors (Lipinski definition) is 2. The van der Waals surface area contributed by atoms with E-state index in [9.17, 15) is 10.1 Å². The first-order valence-electron chi connectivity index (χ1n) is 11.2. The lowest BCUT2D eigenvalue weighted by Gasteiger charge is -2.27. The van der Waals surface area contributed by atoms with Crippen LogP contribution in [0.3, 0.4) is 0 Å². The van der Waals surface area contributed by atoms with E-state index >= 15 is 0 Å². The molecule has 9 heteroatoms. The van der Waals surface area contributed by atoms with Gasteiger partial charge >= 0.3 is 0 Å².